The second kappa shape index (κ2) is 8.84. The van der Waals surface area contributed by atoms with Crippen LogP contribution in [0.4, 0.5) is 5.82 Å². The molecule has 1 aromatic heterocycles. The number of likely N-dealkylation sites (tertiary alicyclic amines) is 1. The molecule has 1 aliphatic heterocycles. The molecule has 1 saturated heterocycles. The first kappa shape index (κ1) is 17.7. The maximum atomic E-state index is 12.3. The second-order valence-electron chi connectivity index (χ2n) is 6.38. The Morgan fingerprint density at radius 2 is 2.17 bits per heavy atom. The van der Waals surface area contributed by atoms with Gasteiger partial charge in [0.1, 0.15) is 5.82 Å². The van der Waals surface area contributed by atoms with Gasteiger partial charge in [-0.2, -0.15) is 0 Å². The van der Waals surface area contributed by atoms with E-state index in [0.717, 1.165) is 38.9 Å². The third-order valence-corrected chi connectivity index (χ3v) is 3.97. The van der Waals surface area contributed by atoms with Crippen LogP contribution in [0.2, 0.25) is 0 Å². The van der Waals surface area contributed by atoms with E-state index in [0.29, 0.717) is 17.9 Å². The number of aromatic nitrogens is 1. The predicted molar refractivity (Wildman–Crippen MR) is 91.6 cm³/mol. The number of hydrogen-bond donors (Lipinski definition) is 3. The van der Waals surface area contributed by atoms with Crippen LogP contribution in [0.5, 0.6) is 0 Å². The summed E-state index contributed by atoms with van der Waals surface area (Å²) in [5.74, 6) is 0.542. The van der Waals surface area contributed by atoms with E-state index in [1.807, 2.05) is 13.8 Å². The van der Waals surface area contributed by atoms with Crippen LogP contribution in [0, 0.1) is 0 Å². The molecule has 6 heteroatoms. The van der Waals surface area contributed by atoms with E-state index >= 15 is 0 Å². The largest absolute Gasteiger partial charge is 0.393 e. The molecule has 6 nitrogen and oxygen atoms in total. The number of rotatable bonds is 7. The standard InChI is InChI=1S/C17H28N4O2/c1-13(2)20-16-15(5-3-8-18-16)17(23)19-9-4-10-21-11-6-14(22)7-12-21/h3,5,8,13-14,22H,4,6-7,9-12H2,1-2H3,(H,18,20)(H,19,23). The summed E-state index contributed by atoms with van der Waals surface area (Å²) in [6.07, 6.45) is 4.17. The minimum Gasteiger partial charge on any atom is -0.393 e. The molecule has 2 rings (SSSR count). The SMILES string of the molecule is CC(C)Nc1ncccc1C(=O)NCCCN1CCC(O)CC1. The van der Waals surface area contributed by atoms with Crippen LogP contribution in [-0.4, -0.2) is 59.2 Å². The van der Waals surface area contributed by atoms with Gasteiger partial charge < -0.3 is 20.6 Å². The molecule has 1 aromatic rings. The van der Waals surface area contributed by atoms with Gasteiger partial charge in [-0.1, -0.05) is 0 Å². The number of piperidine rings is 1. The third-order valence-electron chi connectivity index (χ3n) is 3.97. The van der Waals surface area contributed by atoms with Crippen molar-refractivity contribution in [1.29, 1.82) is 0 Å². The van der Waals surface area contributed by atoms with E-state index in [2.05, 4.69) is 20.5 Å². The molecule has 0 unspecified atom stereocenters. The number of hydrogen-bond acceptors (Lipinski definition) is 5. The highest BCUT2D eigenvalue weighted by Crippen LogP contribution is 2.13. The number of nitrogens with zero attached hydrogens (tertiary/aromatic N) is 2. The molecule has 0 spiro atoms. The molecule has 0 bridgehead atoms. The summed E-state index contributed by atoms with van der Waals surface area (Å²) in [4.78, 5) is 18.9. The maximum Gasteiger partial charge on any atom is 0.255 e. The highest BCUT2D eigenvalue weighted by atomic mass is 16.3. The topological polar surface area (TPSA) is 77.5 Å². The van der Waals surface area contributed by atoms with Crippen LogP contribution in [0.1, 0.15) is 43.5 Å². The maximum absolute atomic E-state index is 12.3. The van der Waals surface area contributed by atoms with Crippen molar-refractivity contribution in [2.75, 3.05) is 31.5 Å². The second-order valence-corrected chi connectivity index (χ2v) is 6.38. The quantitative estimate of drug-likeness (QED) is 0.663. The lowest BCUT2D eigenvalue weighted by Crippen LogP contribution is -2.37. The zero-order chi connectivity index (χ0) is 16.7. The van der Waals surface area contributed by atoms with Crippen LogP contribution in [0.25, 0.3) is 0 Å². The fourth-order valence-electron chi connectivity index (χ4n) is 2.72. The summed E-state index contributed by atoms with van der Waals surface area (Å²) in [6.45, 7) is 7.53. The van der Waals surface area contributed by atoms with Gasteiger partial charge >= 0.3 is 0 Å². The van der Waals surface area contributed by atoms with Crippen molar-refractivity contribution < 1.29 is 9.90 Å². The van der Waals surface area contributed by atoms with E-state index in [9.17, 15) is 9.90 Å². The van der Waals surface area contributed by atoms with Crippen molar-refractivity contribution in [2.45, 2.75) is 45.3 Å². The molecule has 23 heavy (non-hydrogen) atoms. The summed E-state index contributed by atoms with van der Waals surface area (Å²) in [6, 6.07) is 3.80. The molecule has 1 aliphatic rings. The van der Waals surface area contributed by atoms with Crippen LogP contribution < -0.4 is 10.6 Å². The highest BCUT2D eigenvalue weighted by Gasteiger charge is 2.16. The van der Waals surface area contributed by atoms with Gasteiger partial charge in [0.25, 0.3) is 5.91 Å². The van der Waals surface area contributed by atoms with E-state index in [1.165, 1.54) is 0 Å². The first-order valence-corrected chi connectivity index (χ1v) is 8.46. The molecule has 0 saturated carbocycles. The van der Waals surface area contributed by atoms with Gasteiger partial charge in [0.2, 0.25) is 0 Å². The molecular formula is C17H28N4O2. The van der Waals surface area contributed by atoms with E-state index in [1.54, 1.807) is 18.3 Å². The summed E-state index contributed by atoms with van der Waals surface area (Å²) >= 11 is 0. The molecule has 1 amide bonds. The minimum atomic E-state index is -0.136. The summed E-state index contributed by atoms with van der Waals surface area (Å²) in [5.41, 5.74) is 0.585. The number of anilines is 1. The van der Waals surface area contributed by atoms with E-state index in [4.69, 9.17) is 0 Å². The lowest BCUT2D eigenvalue weighted by atomic mass is 10.1. The number of amides is 1. The van der Waals surface area contributed by atoms with Gasteiger partial charge in [0, 0.05) is 31.9 Å². The zero-order valence-corrected chi connectivity index (χ0v) is 14.1. The van der Waals surface area contributed by atoms with Crippen molar-refractivity contribution >= 4 is 11.7 Å². The van der Waals surface area contributed by atoms with Crippen LogP contribution in [-0.2, 0) is 0 Å². The minimum absolute atomic E-state index is 0.0877. The third kappa shape index (κ3) is 5.80. The first-order chi connectivity index (χ1) is 11.1. The smallest absolute Gasteiger partial charge is 0.255 e. The number of carbonyl (C=O) groups excluding carboxylic acids is 1. The normalized spacial score (nSPS) is 16.5. The van der Waals surface area contributed by atoms with Crippen molar-refractivity contribution in [2.24, 2.45) is 0 Å². The fraction of sp³-hybridized carbons (Fsp3) is 0.647. The summed E-state index contributed by atoms with van der Waals surface area (Å²) in [5, 5.41) is 15.7. The number of nitrogens with one attached hydrogen (secondary N) is 2. The van der Waals surface area contributed by atoms with Gasteiger partial charge in [-0.15, -0.1) is 0 Å². The van der Waals surface area contributed by atoms with Crippen molar-refractivity contribution in [3.8, 4) is 0 Å². The molecule has 3 N–H and O–H groups in total. The molecule has 2 heterocycles. The Balaban J connectivity index is 1.74. The molecule has 1 fully saturated rings. The molecule has 0 radical (unpaired) electrons. The van der Waals surface area contributed by atoms with Gasteiger partial charge in [0.15, 0.2) is 0 Å². The number of aliphatic hydroxyl groups is 1. The number of pyridine rings is 1. The van der Waals surface area contributed by atoms with E-state index < -0.39 is 0 Å². The lowest BCUT2D eigenvalue weighted by Gasteiger charge is -2.29. The van der Waals surface area contributed by atoms with Gasteiger partial charge in [-0.05, 0) is 51.8 Å². The summed E-state index contributed by atoms with van der Waals surface area (Å²) < 4.78 is 0. The first-order valence-electron chi connectivity index (χ1n) is 8.46. The Kier molecular flexibility index (Phi) is 6.80. The Hall–Kier alpha value is -1.66. The lowest BCUT2D eigenvalue weighted by molar-refractivity contribution is 0.0816. The zero-order valence-electron chi connectivity index (χ0n) is 14.1. The number of carbonyl (C=O) groups is 1. The Bertz CT molecular complexity index is 499. The monoisotopic (exact) mass is 320 g/mol. The molecule has 0 aromatic carbocycles. The van der Waals surface area contributed by atoms with Gasteiger partial charge in [-0.3, -0.25) is 4.79 Å². The average Bonchev–Trinajstić information content (AvgIpc) is 2.53. The Labute approximate surface area is 138 Å². The van der Waals surface area contributed by atoms with Crippen molar-refractivity contribution in [3.63, 3.8) is 0 Å². The molecular weight excluding hydrogens is 292 g/mol. The van der Waals surface area contributed by atoms with Crippen LogP contribution in [0.15, 0.2) is 18.3 Å². The fourth-order valence-corrected chi connectivity index (χ4v) is 2.72. The predicted octanol–water partition coefficient (Wildman–Crippen LogP) is 1.48. The van der Waals surface area contributed by atoms with Crippen molar-refractivity contribution in [1.82, 2.24) is 15.2 Å². The van der Waals surface area contributed by atoms with Crippen LogP contribution >= 0.6 is 0 Å². The molecule has 0 atom stereocenters. The van der Waals surface area contributed by atoms with Gasteiger partial charge in [-0.25, -0.2) is 4.98 Å². The van der Waals surface area contributed by atoms with Crippen LogP contribution in [0.3, 0.4) is 0 Å². The molecule has 0 aliphatic carbocycles. The average molecular weight is 320 g/mol. The number of aliphatic hydroxyl groups excluding tert-OH is 1. The summed E-state index contributed by atoms with van der Waals surface area (Å²) in [7, 11) is 0. The highest BCUT2D eigenvalue weighted by molar-refractivity contribution is 5.98. The Morgan fingerprint density at radius 1 is 1.43 bits per heavy atom. The van der Waals surface area contributed by atoms with Crippen molar-refractivity contribution in [3.05, 3.63) is 23.9 Å². The Morgan fingerprint density at radius 3 is 2.87 bits per heavy atom. The molecule has 128 valence electrons. The van der Waals surface area contributed by atoms with E-state index in [-0.39, 0.29) is 18.1 Å². The van der Waals surface area contributed by atoms with Gasteiger partial charge in [0.05, 0.1) is 11.7 Å².